The van der Waals surface area contributed by atoms with Gasteiger partial charge >= 0.3 is 0 Å². The SMILES string of the molecule is CCNC(=S)NNC(C)C(NNC(=S)NCC)c1ccccn1. The van der Waals surface area contributed by atoms with E-state index >= 15 is 0 Å². The molecule has 1 rings (SSSR count). The van der Waals surface area contributed by atoms with E-state index in [1.807, 2.05) is 39.0 Å². The van der Waals surface area contributed by atoms with Crippen LogP contribution in [-0.4, -0.2) is 34.3 Å². The smallest absolute Gasteiger partial charge is 0.180 e. The molecule has 23 heavy (non-hydrogen) atoms. The van der Waals surface area contributed by atoms with Gasteiger partial charge in [0, 0.05) is 25.3 Å². The lowest BCUT2D eigenvalue weighted by Crippen LogP contribution is -2.55. The molecule has 1 aromatic heterocycles. The zero-order valence-corrected chi connectivity index (χ0v) is 15.3. The van der Waals surface area contributed by atoms with Gasteiger partial charge in [-0.3, -0.25) is 15.8 Å². The summed E-state index contributed by atoms with van der Waals surface area (Å²) in [5.74, 6) is 0. The number of nitrogens with zero attached hydrogens (tertiary/aromatic N) is 1. The first kappa shape index (κ1) is 19.5. The van der Waals surface area contributed by atoms with Gasteiger partial charge in [0.1, 0.15) is 0 Å². The summed E-state index contributed by atoms with van der Waals surface area (Å²) in [6.45, 7) is 7.52. The van der Waals surface area contributed by atoms with Crippen molar-refractivity contribution >= 4 is 34.7 Å². The Morgan fingerprint density at radius 1 is 1.04 bits per heavy atom. The second kappa shape index (κ2) is 11.1. The predicted octanol–water partition coefficient (Wildman–Crippen LogP) is 0.488. The van der Waals surface area contributed by atoms with Crippen LogP contribution >= 0.6 is 24.4 Å². The van der Waals surface area contributed by atoms with Crippen molar-refractivity contribution in [1.29, 1.82) is 0 Å². The van der Waals surface area contributed by atoms with Gasteiger partial charge in [-0.05, 0) is 57.3 Å². The molecular formula is C14H25N7S2. The van der Waals surface area contributed by atoms with Gasteiger partial charge in [-0.15, -0.1) is 0 Å². The first-order chi connectivity index (χ1) is 11.1. The van der Waals surface area contributed by atoms with E-state index < -0.39 is 0 Å². The predicted molar refractivity (Wildman–Crippen MR) is 102 cm³/mol. The third-order valence-electron chi connectivity index (χ3n) is 2.94. The molecule has 9 heteroatoms. The van der Waals surface area contributed by atoms with Crippen LogP contribution in [-0.2, 0) is 0 Å². The van der Waals surface area contributed by atoms with Crippen LogP contribution < -0.4 is 32.3 Å². The van der Waals surface area contributed by atoms with E-state index in [2.05, 4.69) is 37.3 Å². The molecule has 2 unspecified atom stereocenters. The summed E-state index contributed by atoms with van der Waals surface area (Å²) in [5, 5.41) is 7.14. The summed E-state index contributed by atoms with van der Waals surface area (Å²) in [4.78, 5) is 4.41. The van der Waals surface area contributed by atoms with E-state index in [0.717, 1.165) is 18.8 Å². The lowest BCUT2D eigenvalue weighted by Gasteiger charge is -2.27. The maximum absolute atomic E-state index is 5.18. The number of rotatable bonds is 8. The molecule has 1 heterocycles. The molecule has 0 saturated carbocycles. The van der Waals surface area contributed by atoms with E-state index in [-0.39, 0.29) is 12.1 Å². The molecule has 0 amide bonds. The molecule has 7 nitrogen and oxygen atoms in total. The molecule has 0 saturated heterocycles. The summed E-state index contributed by atoms with van der Waals surface area (Å²) in [6, 6.07) is 5.65. The highest BCUT2D eigenvalue weighted by molar-refractivity contribution is 7.80. The highest BCUT2D eigenvalue weighted by atomic mass is 32.1. The van der Waals surface area contributed by atoms with E-state index in [1.54, 1.807) is 6.20 Å². The third-order valence-corrected chi connectivity index (χ3v) is 3.43. The minimum absolute atomic E-state index is 0.0153. The topological polar surface area (TPSA) is 85.1 Å². The van der Waals surface area contributed by atoms with Crippen molar-refractivity contribution in [3.05, 3.63) is 30.1 Å². The fraction of sp³-hybridized carbons (Fsp3) is 0.500. The number of pyridine rings is 1. The van der Waals surface area contributed by atoms with Crippen molar-refractivity contribution in [2.75, 3.05) is 13.1 Å². The van der Waals surface area contributed by atoms with Gasteiger partial charge in [0.15, 0.2) is 10.2 Å². The molecule has 0 spiro atoms. The second-order valence-electron chi connectivity index (χ2n) is 4.78. The number of aromatic nitrogens is 1. The fourth-order valence-corrected chi connectivity index (χ4v) is 2.24. The lowest BCUT2D eigenvalue weighted by atomic mass is 10.1. The summed E-state index contributed by atoms with van der Waals surface area (Å²) < 4.78 is 0. The first-order valence-corrected chi connectivity index (χ1v) is 8.39. The Morgan fingerprint density at radius 3 is 2.17 bits per heavy atom. The largest absolute Gasteiger partial charge is 0.362 e. The van der Waals surface area contributed by atoms with Crippen molar-refractivity contribution in [1.82, 2.24) is 37.3 Å². The lowest BCUT2D eigenvalue weighted by molar-refractivity contribution is 0.363. The third kappa shape index (κ3) is 7.51. The molecule has 0 bridgehead atoms. The van der Waals surface area contributed by atoms with Gasteiger partial charge in [-0.25, -0.2) is 10.9 Å². The van der Waals surface area contributed by atoms with Crippen LogP contribution in [0.25, 0.3) is 0 Å². The molecule has 0 radical (unpaired) electrons. The van der Waals surface area contributed by atoms with Crippen LogP contribution in [0.1, 0.15) is 32.5 Å². The molecule has 2 atom stereocenters. The Kier molecular flexibility index (Phi) is 9.37. The van der Waals surface area contributed by atoms with Crippen LogP contribution in [0, 0.1) is 0 Å². The van der Waals surface area contributed by atoms with E-state index in [0.29, 0.717) is 10.2 Å². The van der Waals surface area contributed by atoms with Crippen LogP contribution in [0.15, 0.2) is 24.4 Å². The van der Waals surface area contributed by atoms with E-state index in [1.165, 1.54) is 0 Å². The van der Waals surface area contributed by atoms with Crippen LogP contribution in [0.2, 0.25) is 0 Å². The van der Waals surface area contributed by atoms with Gasteiger partial charge in [-0.1, -0.05) is 6.07 Å². The maximum atomic E-state index is 5.18. The Labute approximate surface area is 148 Å². The van der Waals surface area contributed by atoms with Gasteiger partial charge < -0.3 is 10.6 Å². The summed E-state index contributed by atoms with van der Waals surface area (Å²) in [6.07, 6.45) is 1.76. The van der Waals surface area contributed by atoms with Gasteiger partial charge in [0.05, 0.1) is 11.7 Å². The van der Waals surface area contributed by atoms with Crippen molar-refractivity contribution in [2.24, 2.45) is 0 Å². The van der Waals surface area contributed by atoms with Gasteiger partial charge in [-0.2, -0.15) is 0 Å². The Bertz CT molecular complexity index is 483. The molecule has 128 valence electrons. The molecule has 0 fully saturated rings. The van der Waals surface area contributed by atoms with E-state index in [9.17, 15) is 0 Å². The standard InChI is InChI=1S/C14H25N7S2/c1-4-15-13(22)20-18-10(3)12(11-8-6-7-9-17-11)19-21-14(23)16-5-2/h6-10,12,18-19H,4-5H2,1-3H3,(H2,15,20,22)(H2,16,21,23). The summed E-state index contributed by atoms with van der Waals surface area (Å²) in [7, 11) is 0. The number of hydrazine groups is 2. The number of hydrogen-bond acceptors (Lipinski definition) is 5. The number of nitrogens with one attached hydrogen (secondary N) is 6. The minimum atomic E-state index is -0.121. The summed E-state index contributed by atoms with van der Waals surface area (Å²) in [5.41, 5.74) is 13.2. The van der Waals surface area contributed by atoms with Crippen molar-refractivity contribution in [2.45, 2.75) is 32.9 Å². The van der Waals surface area contributed by atoms with Crippen molar-refractivity contribution < 1.29 is 0 Å². The molecular weight excluding hydrogens is 330 g/mol. The molecule has 0 aliphatic heterocycles. The van der Waals surface area contributed by atoms with Crippen LogP contribution in [0.3, 0.4) is 0 Å². The van der Waals surface area contributed by atoms with Crippen molar-refractivity contribution in [3.8, 4) is 0 Å². The quantitative estimate of drug-likeness (QED) is 0.295. The maximum Gasteiger partial charge on any atom is 0.180 e. The monoisotopic (exact) mass is 355 g/mol. The molecule has 0 aliphatic rings. The Balaban J connectivity index is 2.66. The zero-order valence-electron chi connectivity index (χ0n) is 13.6. The number of hydrogen-bond donors (Lipinski definition) is 6. The molecule has 0 aromatic carbocycles. The van der Waals surface area contributed by atoms with Gasteiger partial charge in [0.25, 0.3) is 0 Å². The Hall–Kier alpha value is -1.55. The normalized spacial score (nSPS) is 12.8. The summed E-state index contributed by atoms with van der Waals surface area (Å²) >= 11 is 10.3. The van der Waals surface area contributed by atoms with Crippen LogP contribution in [0.5, 0.6) is 0 Å². The minimum Gasteiger partial charge on any atom is -0.362 e. The zero-order chi connectivity index (χ0) is 17.1. The second-order valence-corrected chi connectivity index (χ2v) is 5.60. The average Bonchev–Trinajstić information content (AvgIpc) is 2.54. The first-order valence-electron chi connectivity index (χ1n) is 7.58. The fourth-order valence-electron chi connectivity index (χ4n) is 1.83. The average molecular weight is 356 g/mol. The highest BCUT2D eigenvalue weighted by Gasteiger charge is 2.20. The van der Waals surface area contributed by atoms with Crippen molar-refractivity contribution in [3.63, 3.8) is 0 Å². The molecule has 1 aromatic rings. The van der Waals surface area contributed by atoms with Gasteiger partial charge in [0.2, 0.25) is 0 Å². The van der Waals surface area contributed by atoms with Crippen LogP contribution in [0.4, 0.5) is 0 Å². The molecule has 0 aliphatic carbocycles. The number of thiocarbonyl (C=S) groups is 2. The highest BCUT2D eigenvalue weighted by Crippen LogP contribution is 2.12. The van der Waals surface area contributed by atoms with E-state index in [4.69, 9.17) is 24.4 Å². The Morgan fingerprint density at radius 2 is 1.65 bits per heavy atom. The molecule has 6 N–H and O–H groups in total.